The fraction of sp³-hybridized carbons (Fsp3) is 1.00. The van der Waals surface area contributed by atoms with Crippen LogP contribution >= 0.6 is 0 Å². The maximum Gasteiger partial charge on any atom is 0.0319 e. The van der Waals surface area contributed by atoms with Gasteiger partial charge >= 0.3 is 0 Å². The predicted octanol–water partition coefficient (Wildman–Crippen LogP) is 1.58. The largest absolute Gasteiger partial charge is 0.400 e. The SMILES string of the molecule is C1CC2CCC12.CO.N. The van der Waals surface area contributed by atoms with Crippen LogP contribution in [0.15, 0.2) is 0 Å². The fourth-order valence-corrected chi connectivity index (χ4v) is 1.56. The van der Waals surface area contributed by atoms with Crippen molar-refractivity contribution < 1.29 is 5.11 Å². The Bertz CT molecular complexity index is 57.3. The Balaban J connectivity index is 0.000000198. The monoisotopic (exact) mass is 131 g/mol. The standard InChI is InChI=1S/C6H10.CH4O.H3N/c1-2-6-4-3-5(1)6;1-2;/h5-6H,1-4H2;2H,1H3;1H3. The summed E-state index contributed by atoms with van der Waals surface area (Å²) >= 11 is 0. The van der Waals surface area contributed by atoms with Gasteiger partial charge in [-0.2, -0.15) is 0 Å². The second kappa shape index (κ2) is 3.85. The van der Waals surface area contributed by atoms with Crippen molar-refractivity contribution in [3.63, 3.8) is 0 Å². The van der Waals surface area contributed by atoms with E-state index in [0.717, 1.165) is 7.11 Å². The van der Waals surface area contributed by atoms with Crippen molar-refractivity contribution in [1.29, 1.82) is 0 Å². The van der Waals surface area contributed by atoms with E-state index in [1.165, 1.54) is 11.8 Å². The maximum absolute atomic E-state index is 7.00. The molecule has 0 aromatic heterocycles. The lowest BCUT2D eigenvalue weighted by atomic mass is 9.60. The van der Waals surface area contributed by atoms with Crippen LogP contribution in [0.2, 0.25) is 0 Å². The summed E-state index contributed by atoms with van der Waals surface area (Å²) in [6.07, 6.45) is 6.24. The van der Waals surface area contributed by atoms with Crippen LogP contribution in [0.1, 0.15) is 25.7 Å². The van der Waals surface area contributed by atoms with E-state index < -0.39 is 0 Å². The predicted molar refractivity (Wildman–Crippen MR) is 38.6 cm³/mol. The van der Waals surface area contributed by atoms with Gasteiger partial charge in [-0.05, 0) is 37.5 Å². The highest BCUT2D eigenvalue weighted by Gasteiger charge is 2.37. The average molecular weight is 131 g/mol. The Morgan fingerprint density at radius 1 is 0.889 bits per heavy atom. The number of aliphatic hydroxyl groups excluding tert-OH is 1. The molecule has 2 fully saturated rings. The van der Waals surface area contributed by atoms with E-state index in [-0.39, 0.29) is 6.15 Å². The topological polar surface area (TPSA) is 55.2 Å². The Kier molecular flexibility index (Phi) is 3.82. The molecule has 4 N–H and O–H groups in total. The van der Waals surface area contributed by atoms with Gasteiger partial charge in [-0.15, -0.1) is 0 Å². The molecule has 2 rings (SSSR count). The highest BCUT2D eigenvalue weighted by Crippen LogP contribution is 2.49. The molecule has 0 bridgehead atoms. The smallest absolute Gasteiger partial charge is 0.0319 e. The number of hydrogen-bond acceptors (Lipinski definition) is 2. The van der Waals surface area contributed by atoms with Crippen LogP contribution in [0.4, 0.5) is 0 Å². The summed E-state index contributed by atoms with van der Waals surface area (Å²) in [6, 6.07) is 0. The Hall–Kier alpha value is -0.0800. The summed E-state index contributed by atoms with van der Waals surface area (Å²) < 4.78 is 0. The first-order valence-electron chi connectivity index (χ1n) is 3.41. The van der Waals surface area contributed by atoms with Crippen LogP contribution in [0, 0.1) is 11.8 Å². The lowest BCUT2D eigenvalue weighted by molar-refractivity contribution is 0.0548. The van der Waals surface area contributed by atoms with Gasteiger partial charge in [-0.3, -0.25) is 0 Å². The molecule has 0 aromatic carbocycles. The van der Waals surface area contributed by atoms with Gasteiger partial charge in [0.15, 0.2) is 0 Å². The zero-order chi connectivity index (χ0) is 5.98. The van der Waals surface area contributed by atoms with E-state index in [1.54, 1.807) is 25.7 Å². The lowest BCUT2D eigenvalue weighted by Gasteiger charge is -2.46. The number of hydrogen-bond donors (Lipinski definition) is 2. The quantitative estimate of drug-likeness (QED) is 0.524. The second-order valence-electron chi connectivity index (χ2n) is 2.67. The van der Waals surface area contributed by atoms with Crippen molar-refractivity contribution in [3.05, 3.63) is 0 Å². The molecule has 2 aliphatic rings. The molecule has 0 heterocycles. The summed E-state index contributed by atoms with van der Waals surface area (Å²) in [5, 5.41) is 7.00. The molecular formula is C7H17NO. The minimum Gasteiger partial charge on any atom is -0.400 e. The summed E-state index contributed by atoms with van der Waals surface area (Å²) in [7, 11) is 1.00. The van der Waals surface area contributed by atoms with E-state index >= 15 is 0 Å². The Morgan fingerprint density at radius 3 is 1.11 bits per heavy atom. The Morgan fingerprint density at radius 2 is 1.11 bits per heavy atom. The van der Waals surface area contributed by atoms with E-state index in [1.807, 2.05) is 0 Å². The van der Waals surface area contributed by atoms with E-state index in [2.05, 4.69) is 0 Å². The van der Waals surface area contributed by atoms with Gasteiger partial charge < -0.3 is 11.3 Å². The van der Waals surface area contributed by atoms with Crippen LogP contribution < -0.4 is 6.15 Å². The number of fused-ring (bicyclic) bond motifs is 1. The maximum atomic E-state index is 7.00. The Labute approximate surface area is 56.9 Å². The molecule has 0 spiro atoms. The van der Waals surface area contributed by atoms with Crippen LogP contribution in [-0.2, 0) is 0 Å². The van der Waals surface area contributed by atoms with Crippen molar-refractivity contribution >= 4 is 0 Å². The molecule has 56 valence electrons. The molecule has 0 amide bonds. The average Bonchev–Trinajstić information content (AvgIpc) is 1.83. The lowest BCUT2D eigenvalue weighted by Crippen LogP contribution is -2.34. The zero-order valence-corrected chi connectivity index (χ0v) is 6.14. The zero-order valence-electron chi connectivity index (χ0n) is 6.14. The summed E-state index contributed by atoms with van der Waals surface area (Å²) in [5.41, 5.74) is 0. The fourth-order valence-electron chi connectivity index (χ4n) is 1.56. The minimum atomic E-state index is 0. The van der Waals surface area contributed by atoms with E-state index in [0.29, 0.717) is 0 Å². The highest BCUT2D eigenvalue weighted by molar-refractivity contribution is 4.89. The van der Waals surface area contributed by atoms with Gasteiger partial charge in [0.2, 0.25) is 0 Å². The van der Waals surface area contributed by atoms with Crippen molar-refractivity contribution in [3.8, 4) is 0 Å². The minimum absolute atomic E-state index is 0. The highest BCUT2D eigenvalue weighted by atomic mass is 16.2. The normalized spacial score (nSPS) is 35.3. The molecule has 0 unspecified atom stereocenters. The second-order valence-corrected chi connectivity index (χ2v) is 2.67. The number of rotatable bonds is 0. The van der Waals surface area contributed by atoms with E-state index in [9.17, 15) is 0 Å². The molecule has 2 heteroatoms. The summed E-state index contributed by atoms with van der Waals surface area (Å²) in [5.74, 6) is 2.43. The van der Waals surface area contributed by atoms with Crippen molar-refractivity contribution in [2.24, 2.45) is 11.8 Å². The molecule has 0 aliphatic heterocycles. The molecule has 9 heavy (non-hydrogen) atoms. The van der Waals surface area contributed by atoms with Gasteiger partial charge in [0.1, 0.15) is 0 Å². The molecule has 2 saturated carbocycles. The molecule has 0 radical (unpaired) electrons. The van der Waals surface area contributed by atoms with Crippen molar-refractivity contribution in [2.45, 2.75) is 25.7 Å². The van der Waals surface area contributed by atoms with E-state index in [4.69, 9.17) is 5.11 Å². The van der Waals surface area contributed by atoms with Gasteiger partial charge in [-0.25, -0.2) is 0 Å². The van der Waals surface area contributed by atoms with Gasteiger partial charge in [-0.1, -0.05) is 0 Å². The third-order valence-corrected chi connectivity index (χ3v) is 2.48. The first-order chi connectivity index (χ1) is 3.97. The van der Waals surface area contributed by atoms with Gasteiger partial charge in [0, 0.05) is 7.11 Å². The van der Waals surface area contributed by atoms with Crippen LogP contribution in [-0.4, -0.2) is 12.2 Å². The summed E-state index contributed by atoms with van der Waals surface area (Å²) in [6.45, 7) is 0. The van der Waals surface area contributed by atoms with Crippen LogP contribution in [0.3, 0.4) is 0 Å². The first-order valence-corrected chi connectivity index (χ1v) is 3.41. The third-order valence-electron chi connectivity index (χ3n) is 2.48. The van der Waals surface area contributed by atoms with Crippen LogP contribution in [0.25, 0.3) is 0 Å². The molecular weight excluding hydrogens is 114 g/mol. The summed E-state index contributed by atoms with van der Waals surface area (Å²) in [4.78, 5) is 0. The molecule has 0 saturated heterocycles. The van der Waals surface area contributed by atoms with Crippen molar-refractivity contribution in [1.82, 2.24) is 6.15 Å². The van der Waals surface area contributed by atoms with Crippen molar-refractivity contribution in [2.75, 3.05) is 7.11 Å². The molecule has 2 nitrogen and oxygen atoms in total. The molecule has 2 aliphatic carbocycles. The molecule has 0 aromatic rings. The van der Waals surface area contributed by atoms with Gasteiger partial charge in [0.25, 0.3) is 0 Å². The van der Waals surface area contributed by atoms with Crippen LogP contribution in [0.5, 0.6) is 0 Å². The first kappa shape index (κ1) is 8.92. The third kappa shape index (κ3) is 1.43. The molecule has 0 atom stereocenters. The van der Waals surface area contributed by atoms with Gasteiger partial charge in [0.05, 0.1) is 0 Å². The number of aliphatic hydroxyl groups is 1.